The zero-order chi connectivity index (χ0) is 7.28. The Hall–Kier alpha value is -0.320. The van der Waals surface area contributed by atoms with E-state index < -0.39 is 5.97 Å². The molecule has 0 aromatic heterocycles. The molecule has 2 nitrogen and oxygen atoms in total. The molecule has 0 aliphatic rings. The summed E-state index contributed by atoms with van der Waals surface area (Å²) >= 11 is 2.03. The monoisotopic (exact) mass is 238 g/mol. The average Bonchev–Trinajstić information content (AvgIpc) is 1.82. The fourth-order valence-corrected chi connectivity index (χ4v) is 0.528. The SMILES string of the molecule is C=C(CC=CI)C(=O)O. The van der Waals surface area contributed by atoms with Crippen molar-refractivity contribution in [2.75, 3.05) is 0 Å². The maximum atomic E-state index is 10.1. The van der Waals surface area contributed by atoms with Crippen LogP contribution in [0.2, 0.25) is 0 Å². The van der Waals surface area contributed by atoms with Crippen LogP contribution in [0.15, 0.2) is 22.3 Å². The summed E-state index contributed by atoms with van der Waals surface area (Å²) in [6.07, 6.45) is 2.18. The molecule has 0 bridgehead atoms. The Morgan fingerprint density at radius 1 is 1.78 bits per heavy atom. The van der Waals surface area contributed by atoms with Gasteiger partial charge in [-0.05, 0) is 10.5 Å². The van der Waals surface area contributed by atoms with Crippen molar-refractivity contribution in [1.29, 1.82) is 0 Å². The summed E-state index contributed by atoms with van der Waals surface area (Å²) in [6, 6.07) is 0. The normalized spacial score (nSPS) is 9.89. The molecule has 0 unspecified atom stereocenters. The molecule has 0 fully saturated rings. The molecular formula is C6H7IO2. The Morgan fingerprint density at radius 3 is 2.67 bits per heavy atom. The third-order valence-corrected chi connectivity index (χ3v) is 1.26. The molecule has 0 aliphatic carbocycles. The molecule has 0 radical (unpaired) electrons. The number of allylic oxidation sites excluding steroid dienone is 1. The lowest BCUT2D eigenvalue weighted by atomic mass is 10.2. The van der Waals surface area contributed by atoms with Gasteiger partial charge in [-0.15, -0.1) is 0 Å². The Bertz CT molecular complexity index is 149. The Morgan fingerprint density at radius 2 is 2.33 bits per heavy atom. The lowest BCUT2D eigenvalue weighted by Gasteiger charge is -1.89. The highest BCUT2D eigenvalue weighted by molar-refractivity contribution is 14.1. The zero-order valence-electron chi connectivity index (χ0n) is 4.80. The fourth-order valence-electron chi connectivity index (χ4n) is 0.274. The standard InChI is InChI=1S/C6H7IO2/c1-5(6(8)9)3-2-4-7/h2,4H,1,3H2,(H,8,9). The third-order valence-electron chi connectivity index (χ3n) is 0.756. The van der Waals surface area contributed by atoms with Crippen molar-refractivity contribution < 1.29 is 9.90 Å². The van der Waals surface area contributed by atoms with Crippen LogP contribution in [0, 0.1) is 0 Å². The van der Waals surface area contributed by atoms with E-state index in [0.29, 0.717) is 6.42 Å². The van der Waals surface area contributed by atoms with Crippen LogP contribution in [-0.2, 0) is 4.79 Å². The molecule has 0 spiro atoms. The molecule has 0 amide bonds. The molecule has 0 aromatic rings. The van der Waals surface area contributed by atoms with Crippen molar-refractivity contribution in [2.24, 2.45) is 0 Å². The van der Waals surface area contributed by atoms with Gasteiger partial charge in [0, 0.05) is 5.57 Å². The largest absolute Gasteiger partial charge is 0.478 e. The average molecular weight is 238 g/mol. The van der Waals surface area contributed by atoms with E-state index in [0.717, 1.165) is 0 Å². The number of rotatable bonds is 3. The summed E-state index contributed by atoms with van der Waals surface area (Å²) in [4.78, 5) is 10.1. The van der Waals surface area contributed by atoms with E-state index >= 15 is 0 Å². The minimum absolute atomic E-state index is 0.225. The number of carboxylic acid groups (broad SMARTS) is 1. The van der Waals surface area contributed by atoms with E-state index in [1.54, 1.807) is 10.2 Å². The zero-order valence-corrected chi connectivity index (χ0v) is 6.96. The summed E-state index contributed by atoms with van der Waals surface area (Å²) in [7, 11) is 0. The molecule has 0 aliphatic heterocycles. The second kappa shape index (κ2) is 4.55. The highest BCUT2D eigenvalue weighted by Crippen LogP contribution is 1.99. The Balaban J connectivity index is 3.65. The first kappa shape index (κ1) is 8.68. The highest BCUT2D eigenvalue weighted by atomic mass is 127. The van der Waals surface area contributed by atoms with E-state index in [4.69, 9.17) is 5.11 Å². The summed E-state index contributed by atoms with van der Waals surface area (Å²) < 4.78 is 1.77. The van der Waals surface area contributed by atoms with Crippen LogP contribution in [0.4, 0.5) is 0 Å². The van der Waals surface area contributed by atoms with Gasteiger partial charge >= 0.3 is 5.97 Å². The van der Waals surface area contributed by atoms with Crippen LogP contribution in [0.1, 0.15) is 6.42 Å². The van der Waals surface area contributed by atoms with Crippen LogP contribution >= 0.6 is 22.6 Å². The molecule has 0 heterocycles. The molecule has 9 heavy (non-hydrogen) atoms. The van der Waals surface area contributed by atoms with Crippen molar-refractivity contribution in [3.63, 3.8) is 0 Å². The molecule has 0 atom stereocenters. The second-order valence-corrected chi connectivity index (χ2v) is 2.19. The van der Waals surface area contributed by atoms with Crippen LogP contribution in [0.3, 0.4) is 0 Å². The highest BCUT2D eigenvalue weighted by Gasteiger charge is 1.98. The number of hydrogen-bond acceptors (Lipinski definition) is 1. The number of aliphatic carboxylic acids is 1. The van der Waals surface area contributed by atoms with Gasteiger partial charge in [-0.2, -0.15) is 0 Å². The predicted molar refractivity (Wildman–Crippen MR) is 44.6 cm³/mol. The summed E-state index contributed by atoms with van der Waals surface area (Å²) in [5.74, 6) is -0.926. The molecule has 1 N–H and O–H groups in total. The van der Waals surface area contributed by atoms with Crippen molar-refractivity contribution in [1.82, 2.24) is 0 Å². The maximum Gasteiger partial charge on any atom is 0.331 e. The molecule has 0 saturated carbocycles. The van der Waals surface area contributed by atoms with Crippen LogP contribution in [0.5, 0.6) is 0 Å². The lowest BCUT2D eigenvalue weighted by Crippen LogP contribution is -1.96. The van der Waals surface area contributed by atoms with E-state index in [2.05, 4.69) is 6.58 Å². The lowest BCUT2D eigenvalue weighted by molar-refractivity contribution is -0.132. The van der Waals surface area contributed by atoms with Crippen molar-refractivity contribution in [2.45, 2.75) is 6.42 Å². The number of carboxylic acids is 1. The summed E-state index contributed by atoms with van der Waals surface area (Å²) in [5.41, 5.74) is 0.225. The molecule has 50 valence electrons. The van der Waals surface area contributed by atoms with E-state index in [1.807, 2.05) is 22.6 Å². The van der Waals surface area contributed by atoms with Crippen LogP contribution in [-0.4, -0.2) is 11.1 Å². The van der Waals surface area contributed by atoms with Crippen molar-refractivity contribution in [3.8, 4) is 0 Å². The second-order valence-electron chi connectivity index (χ2n) is 1.47. The van der Waals surface area contributed by atoms with E-state index in [9.17, 15) is 4.79 Å². The van der Waals surface area contributed by atoms with Gasteiger partial charge in [-0.1, -0.05) is 35.2 Å². The Labute approximate surface area is 67.4 Å². The van der Waals surface area contributed by atoms with Crippen molar-refractivity contribution in [3.05, 3.63) is 22.3 Å². The van der Waals surface area contributed by atoms with Crippen molar-refractivity contribution >= 4 is 28.6 Å². The first-order valence-corrected chi connectivity index (χ1v) is 3.59. The molecule has 3 heteroatoms. The topological polar surface area (TPSA) is 37.3 Å². The number of carbonyl (C=O) groups is 1. The van der Waals surface area contributed by atoms with Gasteiger partial charge in [0.2, 0.25) is 0 Å². The molecule has 0 rings (SSSR count). The molecule has 0 aromatic carbocycles. The van der Waals surface area contributed by atoms with E-state index in [-0.39, 0.29) is 5.57 Å². The van der Waals surface area contributed by atoms with Gasteiger partial charge in [0.25, 0.3) is 0 Å². The third kappa shape index (κ3) is 4.20. The minimum Gasteiger partial charge on any atom is -0.478 e. The Kier molecular flexibility index (Phi) is 4.39. The summed E-state index contributed by atoms with van der Waals surface area (Å²) in [5, 5.41) is 8.27. The minimum atomic E-state index is -0.926. The number of hydrogen-bond donors (Lipinski definition) is 1. The molecule has 0 saturated heterocycles. The van der Waals surface area contributed by atoms with E-state index in [1.165, 1.54) is 0 Å². The predicted octanol–water partition coefficient (Wildman–Crippen LogP) is 1.97. The smallest absolute Gasteiger partial charge is 0.331 e. The number of halogens is 1. The van der Waals surface area contributed by atoms with Crippen LogP contribution in [0.25, 0.3) is 0 Å². The van der Waals surface area contributed by atoms with Gasteiger partial charge in [0.1, 0.15) is 0 Å². The molecular weight excluding hydrogens is 231 g/mol. The van der Waals surface area contributed by atoms with Crippen LogP contribution < -0.4 is 0 Å². The first-order valence-electron chi connectivity index (χ1n) is 2.34. The fraction of sp³-hybridized carbons (Fsp3) is 0.167. The first-order chi connectivity index (χ1) is 4.18. The van der Waals surface area contributed by atoms with Gasteiger partial charge in [0.05, 0.1) is 0 Å². The summed E-state index contributed by atoms with van der Waals surface area (Å²) in [6.45, 7) is 3.34. The van der Waals surface area contributed by atoms with Gasteiger partial charge in [-0.25, -0.2) is 4.79 Å². The quantitative estimate of drug-likeness (QED) is 0.602. The van der Waals surface area contributed by atoms with Gasteiger partial charge < -0.3 is 5.11 Å². The van der Waals surface area contributed by atoms with Gasteiger partial charge in [-0.3, -0.25) is 0 Å². The van der Waals surface area contributed by atoms with Gasteiger partial charge in [0.15, 0.2) is 0 Å². The maximum absolute atomic E-state index is 10.1.